The van der Waals surface area contributed by atoms with Gasteiger partial charge in [-0.05, 0) is 18.2 Å². The van der Waals surface area contributed by atoms with Gasteiger partial charge in [0, 0.05) is 12.0 Å². The Morgan fingerprint density at radius 2 is 2.05 bits per heavy atom. The minimum Gasteiger partial charge on any atom is -0.494 e. The Bertz CT molecular complexity index is 507. The summed E-state index contributed by atoms with van der Waals surface area (Å²) in [6.07, 6.45) is -3.89. The van der Waals surface area contributed by atoms with E-state index in [1.807, 2.05) is 5.32 Å². The van der Waals surface area contributed by atoms with Gasteiger partial charge in [0.15, 0.2) is 11.6 Å². The van der Waals surface area contributed by atoms with Crippen LogP contribution in [-0.2, 0) is 4.79 Å². The average Bonchev–Trinajstić information content (AvgIpc) is 2.37. The smallest absolute Gasteiger partial charge is 0.326 e. The standard InChI is InChI=1S/C12H12F3NO4/c1-20-9-4-6(2-3-7(9)13)11(17)16-8(12(18)19)5-10(14)15/h2-4,8,10H,5H2,1H3,(H,16,17)(H,18,19). The molecule has 0 bridgehead atoms. The number of carboxylic acid groups (broad SMARTS) is 1. The predicted molar refractivity (Wildman–Crippen MR) is 62.5 cm³/mol. The summed E-state index contributed by atoms with van der Waals surface area (Å²) in [6.45, 7) is 0. The van der Waals surface area contributed by atoms with E-state index in [1.54, 1.807) is 0 Å². The number of rotatable bonds is 6. The van der Waals surface area contributed by atoms with Gasteiger partial charge in [0.25, 0.3) is 5.91 Å². The zero-order valence-corrected chi connectivity index (χ0v) is 10.4. The molecule has 2 N–H and O–H groups in total. The molecule has 0 aliphatic rings. The number of carbonyl (C=O) groups excluding carboxylic acids is 1. The second-order valence-electron chi connectivity index (χ2n) is 3.84. The molecule has 0 saturated carbocycles. The number of amides is 1. The molecule has 1 aromatic rings. The van der Waals surface area contributed by atoms with Crippen molar-refractivity contribution in [2.45, 2.75) is 18.9 Å². The van der Waals surface area contributed by atoms with Crippen LogP contribution in [0, 0.1) is 5.82 Å². The third-order valence-corrected chi connectivity index (χ3v) is 2.43. The van der Waals surface area contributed by atoms with Gasteiger partial charge in [0.1, 0.15) is 6.04 Å². The highest BCUT2D eigenvalue weighted by Crippen LogP contribution is 2.18. The SMILES string of the molecule is COc1cc(C(=O)NC(CC(F)F)C(=O)O)ccc1F. The van der Waals surface area contributed by atoms with E-state index < -0.39 is 36.6 Å². The molecule has 0 heterocycles. The maximum absolute atomic E-state index is 13.1. The van der Waals surface area contributed by atoms with Crippen molar-refractivity contribution in [1.29, 1.82) is 0 Å². The van der Waals surface area contributed by atoms with Crippen LogP contribution in [0.5, 0.6) is 5.75 Å². The van der Waals surface area contributed by atoms with Gasteiger partial charge in [-0.15, -0.1) is 0 Å². The first-order valence-electron chi connectivity index (χ1n) is 5.50. The normalized spacial score (nSPS) is 12.1. The highest BCUT2D eigenvalue weighted by atomic mass is 19.3. The fourth-order valence-electron chi connectivity index (χ4n) is 1.44. The maximum atomic E-state index is 13.1. The Labute approximate surface area is 112 Å². The minimum atomic E-state index is -2.88. The van der Waals surface area contributed by atoms with Gasteiger partial charge in [-0.3, -0.25) is 4.79 Å². The van der Waals surface area contributed by atoms with Gasteiger partial charge >= 0.3 is 5.97 Å². The highest BCUT2D eigenvalue weighted by molar-refractivity contribution is 5.96. The zero-order valence-electron chi connectivity index (χ0n) is 10.4. The molecule has 1 amide bonds. The average molecular weight is 291 g/mol. The van der Waals surface area contributed by atoms with Crippen LogP contribution in [0.15, 0.2) is 18.2 Å². The molecule has 0 fully saturated rings. The summed E-state index contributed by atoms with van der Waals surface area (Å²) < 4.78 is 42.2. The van der Waals surface area contributed by atoms with Crippen molar-refractivity contribution in [3.05, 3.63) is 29.6 Å². The molecule has 1 rings (SSSR count). The van der Waals surface area contributed by atoms with Gasteiger partial charge < -0.3 is 15.2 Å². The van der Waals surface area contributed by atoms with E-state index in [1.165, 1.54) is 7.11 Å². The largest absolute Gasteiger partial charge is 0.494 e. The number of halogens is 3. The zero-order chi connectivity index (χ0) is 15.3. The van der Waals surface area contributed by atoms with Crippen LogP contribution >= 0.6 is 0 Å². The fourth-order valence-corrected chi connectivity index (χ4v) is 1.44. The summed E-state index contributed by atoms with van der Waals surface area (Å²) in [5.41, 5.74) is -0.0937. The number of ether oxygens (including phenoxy) is 1. The summed E-state index contributed by atoms with van der Waals surface area (Å²) in [6, 6.07) is 1.37. The molecule has 8 heteroatoms. The van der Waals surface area contributed by atoms with Crippen molar-refractivity contribution in [3.63, 3.8) is 0 Å². The Morgan fingerprint density at radius 3 is 2.55 bits per heavy atom. The van der Waals surface area contributed by atoms with Crippen LogP contribution in [0.25, 0.3) is 0 Å². The molecule has 1 aromatic carbocycles. The molecule has 5 nitrogen and oxygen atoms in total. The quantitative estimate of drug-likeness (QED) is 0.836. The number of carbonyl (C=O) groups is 2. The molecule has 0 aliphatic carbocycles. The van der Waals surface area contributed by atoms with Crippen LogP contribution in [0.1, 0.15) is 16.8 Å². The van der Waals surface area contributed by atoms with Crippen molar-refractivity contribution in [2.75, 3.05) is 7.11 Å². The number of aliphatic carboxylic acids is 1. The number of nitrogens with one attached hydrogen (secondary N) is 1. The summed E-state index contributed by atoms with van der Waals surface area (Å²) in [7, 11) is 1.19. The Kier molecular flexibility index (Phi) is 5.36. The molecule has 110 valence electrons. The van der Waals surface area contributed by atoms with Gasteiger partial charge in [-0.1, -0.05) is 0 Å². The number of hydrogen-bond acceptors (Lipinski definition) is 3. The molecule has 1 unspecified atom stereocenters. The van der Waals surface area contributed by atoms with E-state index in [0.717, 1.165) is 18.2 Å². The van der Waals surface area contributed by atoms with Gasteiger partial charge in [-0.2, -0.15) is 0 Å². The van der Waals surface area contributed by atoms with Crippen LogP contribution in [0.3, 0.4) is 0 Å². The minimum absolute atomic E-state index is 0.0937. The van der Waals surface area contributed by atoms with Gasteiger partial charge in [-0.25, -0.2) is 18.0 Å². The summed E-state index contributed by atoms with van der Waals surface area (Å²) in [5.74, 6) is -3.39. The second-order valence-corrected chi connectivity index (χ2v) is 3.84. The third-order valence-electron chi connectivity index (χ3n) is 2.43. The molecule has 1 atom stereocenters. The lowest BCUT2D eigenvalue weighted by molar-refractivity contribution is -0.140. The number of hydrogen-bond donors (Lipinski definition) is 2. The van der Waals surface area contributed by atoms with Crippen LogP contribution < -0.4 is 10.1 Å². The number of alkyl halides is 2. The number of benzene rings is 1. The van der Waals surface area contributed by atoms with Crippen molar-refractivity contribution in [2.24, 2.45) is 0 Å². The molecule has 0 radical (unpaired) electrons. The molecule has 0 aromatic heterocycles. The fraction of sp³-hybridized carbons (Fsp3) is 0.333. The van der Waals surface area contributed by atoms with Gasteiger partial charge in [0.2, 0.25) is 6.43 Å². The van der Waals surface area contributed by atoms with Crippen LogP contribution in [-0.4, -0.2) is 36.6 Å². The lowest BCUT2D eigenvalue weighted by Crippen LogP contribution is -2.42. The van der Waals surface area contributed by atoms with E-state index in [0.29, 0.717) is 0 Å². The van der Waals surface area contributed by atoms with E-state index in [4.69, 9.17) is 5.11 Å². The van der Waals surface area contributed by atoms with Crippen molar-refractivity contribution in [1.82, 2.24) is 5.32 Å². The Morgan fingerprint density at radius 1 is 1.40 bits per heavy atom. The Balaban J connectivity index is 2.86. The van der Waals surface area contributed by atoms with Gasteiger partial charge in [0.05, 0.1) is 7.11 Å². The molecule has 0 aliphatic heterocycles. The van der Waals surface area contributed by atoms with Crippen molar-refractivity contribution < 1.29 is 32.6 Å². The first kappa shape index (κ1) is 15.8. The molecular formula is C12H12F3NO4. The van der Waals surface area contributed by atoms with Crippen LogP contribution in [0.2, 0.25) is 0 Å². The van der Waals surface area contributed by atoms with E-state index in [2.05, 4.69) is 4.74 Å². The summed E-state index contributed by atoms with van der Waals surface area (Å²) in [4.78, 5) is 22.5. The van der Waals surface area contributed by atoms with E-state index in [-0.39, 0.29) is 11.3 Å². The van der Waals surface area contributed by atoms with E-state index in [9.17, 15) is 22.8 Å². The lowest BCUT2D eigenvalue weighted by Gasteiger charge is -2.14. The first-order valence-corrected chi connectivity index (χ1v) is 5.50. The number of methoxy groups -OCH3 is 1. The predicted octanol–water partition coefficient (Wildman–Crippen LogP) is 1.67. The molecule has 20 heavy (non-hydrogen) atoms. The monoisotopic (exact) mass is 291 g/mol. The summed E-state index contributed by atoms with van der Waals surface area (Å²) in [5, 5.41) is 10.7. The second kappa shape index (κ2) is 6.78. The third kappa shape index (κ3) is 4.15. The molecule has 0 saturated heterocycles. The van der Waals surface area contributed by atoms with Crippen LogP contribution in [0.4, 0.5) is 13.2 Å². The lowest BCUT2D eigenvalue weighted by atomic mass is 10.1. The van der Waals surface area contributed by atoms with Crippen molar-refractivity contribution in [3.8, 4) is 5.75 Å². The molecule has 0 spiro atoms. The topological polar surface area (TPSA) is 75.6 Å². The first-order chi connectivity index (χ1) is 9.35. The highest BCUT2D eigenvalue weighted by Gasteiger charge is 2.24. The summed E-state index contributed by atoms with van der Waals surface area (Å²) >= 11 is 0. The van der Waals surface area contributed by atoms with E-state index >= 15 is 0 Å². The van der Waals surface area contributed by atoms with Crippen molar-refractivity contribution >= 4 is 11.9 Å². The number of carboxylic acids is 1. The maximum Gasteiger partial charge on any atom is 0.326 e. The Hall–Kier alpha value is -2.25. The molecular weight excluding hydrogens is 279 g/mol.